The fourth-order valence-electron chi connectivity index (χ4n) is 3.19. The zero-order valence-electron chi connectivity index (χ0n) is 17.0. The molecule has 1 aliphatic heterocycles. The van der Waals surface area contributed by atoms with Crippen LogP contribution in [0.5, 0.6) is 0 Å². The van der Waals surface area contributed by atoms with E-state index < -0.39 is 0 Å². The summed E-state index contributed by atoms with van der Waals surface area (Å²) in [5, 5.41) is 4.28. The molecule has 0 saturated heterocycles. The lowest BCUT2D eigenvalue weighted by molar-refractivity contribution is 0.0551. The number of hydrogen-bond acceptors (Lipinski definition) is 4. The largest absolute Gasteiger partial charge is 0.390 e. The molecular weight excluding hydrogens is 352 g/mol. The Kier molecular flexibility index (Phi) is 6.19. The Hall–Kier alpha value is -3.02. The number of oxime groups is 1. The van der Waals surface area contributed by atoms with E-state index in [9.17, 15) is 4.79 Å². The average molecular weight is 380 g/mol. The normalized spacial score (nSPS) is 15.6. The second kappa shape index (κ2) is 8.78. The second-order valence-electron chi connectivity index (χ2n) is 7.45. The predicted molar refractivity (Wildman–Crippen MR) is 113 cm³/mol. The first-order valence-electron chi connectivity index (χ1n) is 9.44. The van der Waals surface area contributed by atoms with Crippen LogP contribution in [0.3, 0.4) is 0 Å². The van der Waals surface area contributed by atoms with Crippen molar-refractivity contribution in [1.82, 2.24) is 9.80 Å². The third-order valence-corrected chi connectivity index (χ3v) is 4.74. The van der Waals surface area contributed by atoms with Gasteiger partial charge in [-0.1, -0.05) is 47.6 Å². The first-order valence-corrected chi connectivity index (χ1v) is 9.44. The van der Waals surface area contributed by atoms with Gasteiger partial charge in [0.05, 0.1) is 12.3 Å². The Morgan fingerprint density at radius 1 is 1.04 bits per heavy atom. The van der Waals surface area contributed by atoms with Crippen LogP contribution in [0.15, 0.2) is 59.8 Å². The zero-order chi connectivity index (χ0) is 20.1. The molecule has 0 aliphatic carbocycles. The highest BCUT2D eigenvalue weighted by Crippen LogP contribution is 2.21. The SMILES string of the molecule is CN(C)C(=O)N(Cc1ccccc1)C[C@H]1CC(c2ccc(N(C)C)cc2)=NO1. The molecule has 28 heavy (non-hydrogen) atoms. The predicted octanol–water partition coefficient (Wildman–Crippen LogP) is 3.43. The van der Waals surface area contributed by atoms with E-state index in [2.05, 4.69) is 34.3 Å². The van der Waals surface area contributed by atoms with E-state index in [1.54, 1.807) is 19.0 Å². The first kappa shape index (κ1) is 19.7. The van der Waals surface area contributed by atoms with Gasteiger partial charge in [0.15, 0.2) is 6.10 Å². The lowest BCUT2D eigenvalue weighted by Crippen LogP contribution is -2.42. The number of anilines is 1. The quantitative estimate of drug-likeness (QED) is 0.771. The van der Waals surface area contributed by atoms with E-state index in [1.807, 2.05) is 49.3 Å². The van der Waals surface area contributed by atoms with Gasteiger partial charge < -0.3 is 19.5 Å². The van der Waals surface area contributed by atoms with E-state index in [-0.39, 0.29) is 12.1 Å². The maximum atomic E-state index is 12.6. The van der Waals surface area contributed by atoms with Gasteiger partial charge in [-0.05, 0) is 23.3 Å². The number of carbonyl (C=O) groups excluding carboxylic acids is 1. The van der Waals surface area contributed by atoms with Crippen LogP contribution in [-0.4, -0.2) is 62.4 Å². The summed E-state index contributed by atoms with van der Waals surface area (Å²) in [7, 11) is 7.57. The van der Waals surface area contributed by atoms with Gasteiger partial charge in [0, 0.05) is 46.8 Å². The van der Waals surface area contributed by atoms with E-state index >= 15 is 0 Å². The molecule has 6 heteroatoms. The van der Waals surface area contributed by atoms with Crippen molar-refractivity contribution in [3.05, 3.63) is 65.7 Å². The third kappa shape index (κ3) is 4.82. The Balaban J connectivity index is 1.65. The number of benzene rings is 2. The summed E-state index contributed by atoms with van der Waals surface area (Å²) >= 11 is 0. The molecule has 2 amide bonds. The van der Waals surface area contributed by atoms with E-state index in [0.717, 1.165) is 22.5 Å². The average Bonchev–Trinajstić information content (AvgIpc) is 3.16. The van der Waals surface area contributed by atoms with Crippen molar-refractivity contribution in [2.75, 3.05) is 39.6 Å². The van der Waals surface area contributed by atoms with Crippen molar-refractivity contribution in [3.63, 3.8) is 0 Å². The molecule has 2 aromatic carbocycles. The van der Waals surface area contributed by atoms with Crippen molar-refractivity contribution >= 4 is 17.4 Å². The summed E-state index contributed by atoms with van der Waals surface area (Å²) in [6.45, 7) is 1.04. The van der Waals surface area contributed by atoms with Crippen molar-refractivity contribution in [1.29, 1.82) is 0 Å². The minimum atomic E-state index is -0.142. The molecule has 1 heterocycles. The maximum Gasteiger partial charge on any atom is 0.319 e. The molecule has 6 nitrogen and oxygen atoms in total. The summed E-state index contributed by atoms with van der Waals surface area (Å²) in [5.74, 6) is 0. The Morgan fingerprint density at radius 3 is 2.32 bits per heavy atom. The number of rotatable bonds is 6. The van der Waals surface area contributed by atoms with Crippen molar-refractivity contribution in [2.24, 2.45) is 5.16 Å². The molecule has 2 aromatic rings. The minimum Gasteiger partial charge on any atom is -0.390 e. The van der Waals surface area contributed by atoms with Crippen molar-refractivity contribution in [2.45, 2.75) is 19.1 Å². The summed E-state index contributed by atoms with van der Waals surface area (Å²) in [5.41, 5.74) is 4.22. The fraction of sp³-hybridized carbons (Fsp3) is 0.364. The monoisotopic (exact) mass is 380 g/mol. The fourth-order valence-corrected chi connectivity index (χ4v) is 3.19. The molecule has 0 saturated carbocycles. The molecule has 0 unspecified atom stereocenters. The molecule has 0 aromatic heterocycles. The standard InChI is InChI=1S/C22H28N4O2/c1-24(2)19-12-10-18(11-13-19)21-14-20(28-23-21)16-26(22(27)25(3)4)15-17-8-6-5-7-9-17/h5-13,20H,14-16H2,1-4H3/t20-/m1/s1. The highest BCUT2D eigenvalue weighted by Gasteiger charge is 2.27. The molecule has 0 fully saturated rings. The van der Waals surface area contributed by atoms with E-state index in [4.69, 9.17) is 4.84 Å². The summed E-state index contributed by atoms with van der Waals surface area (Å²) in [6.07, 6.45) is 0.545. The highest BCUT2D eigenvalue weighted by molar-refractivity contribution is 6.01. The molecular formula is C22H28N4O2. The Labute approximate surface area is 167 Å². The first-order chi connectivity index (χ1) is 13.4. The molecule has 0 spiro atoms. The number of carbonyl (C=O) groups is 1. The van der Waals surface area contributed by atoms with Gasteiger partial charge in [-0.25, -0.2) is 4.79 Å². The van der Waals surface area contributed by atoms with E-state index in [1.165, 1.54) is 0 Å². The summed E-state index contributed by atoms with van der Waals surface area (Å²) in [6, 6.07) is 18.2. The number of amides is 2. The van der Waals surface area contributed by atoms with Gasteiger partial charge in [-0.2, -0.15) is 0 Å². The molecule has 1 atom stereocenters. The lowest BCUT2D eigenvalue weighted by atomic mass is 10.0. The number of hydrogen-bond donors (Lipinski definition) is 0. The van der Waals surface area contributed by atoms with Crippen molar-refractivity contribution in [3.8, 4) is 0 Å². The van der Waals surface area contributed by atoms with Crippen LogP contribution in [0, 0.1) is 0 Å². The molecule has 148 valence electrons. The van der Waals surface area contributed by atoms with Crippen LogP contribution in [0.1, 0.15) is 17.5 Å². The molecule has 3 rings (SSSR count). The topological polar surface area (TPSA) is 48.4 Å². The highest BCUT2D eigenvalue weighted by atomic mass is 16.6. The van der Waals surface area contributed by atoms with Crippen molar-refractivity contribution < 1.29 is 9.63 Å². The Bertz CT molecular complexity index is 816. The van der Waals surface area contributed by atoms with Crippen LogP contribution in [0.25, 0.3) is 0 Å². The lowest BCUT2D eigenvalue weighted by Gasteiger charge is -2.27. The van der Waals surface area contributed by atoms with Gasteiger partial charge in [0.2, 0.25) is 0 Å². The van der Waals surface area contributed by atoms with Crippen LogP contribution in [0.4, 0.5) is 10.5 Å². The molecule has 1 aliphatic rings. The molecule has 0 N–H and O–H groups in total. The number of nitrogens with zero attached hydrogens (tertiary/aromatic N) is 4. The zero-order valence-corrected chi connectivity index (χ0v) is 17.0. The number of urea groups is 1. The minimum absolute atomic E-state index is 0.0313. The molecule has 0 bridgehead atoms. The summed E-state index contributed by atoms with van der Waals surface area (Å²) < 4.78 is 0. The third-order valence-electron chi connectivity index (χ3n) is 4.74. The summed E-state index contributed by atoms with van der Waals surface area (Å²) in [4.78, 5) is 23.8. The second-order valence-corrected chi connectivity index (χ2v) is 7.45. The van der Waals surface area contributed by atoms with Gasteiger partial charge in [-0.3, -0.25) is 0 Å². The van der Waals surface area contributed by atoms with Crippen LogP contribution < -0.4 is 4.90 Å². The van der Waals surface area contributed by atoms with E-state index in [0.29, 0.717) is 19.5 Å². The van der Waals surface area contributed by atoms with Crippen LogP contribution in [-0.2, 0) is 11.4 Å². The molecule has 0 radical (unpaired) electrons. The van der Waals surface area contributed by atoms with Gasteiger partial charge in [-0.15, -0.1) is 0 Å². The van der Waals surface area contributed by atoms with Gasteiger partial charge in [0.1, 0.15) is 0 Å². The Morgan fingerprint density at radius 2 is 1.71 bits per heavy atom. The van der Waals surface area contributed by atoms with Crippen LogP contribution >= 0.6 is 0 Å². The van der Waals surface area contributed by atoms with Crippen LogP contribution in [0.2, 0.25) is 0 Å². The maximum absolute atomic E-state index is 12.6. The smallest absolute Gasteiger partial charge is 0.319 e. The van der Waals surface area contributed by atoms with Gasteiger partial charge in [0.25, 0.3) is 0 Å². The van der Waals surface area contributed by atoms with Gasteiger partial charge >= 0.3 is 6.03 Å².